The number of nitrogens with zero attached hydrogens (tertiary/aromatic N) is 4. The van der Waals surface area contributed by atoms with Gasteiger partial charge >= 0.3 is 6.18 Å². The smallest absolute Gasteiger partial charge is 0.362 e. The van der Waals surface area contributed by atoms with Gasteiger partial charge in [0.15, 0.2) is 11.7 Å². The van der Waals surface area contributed by atoms with Crippen LogP contribution >= 0.6 is 11.6 Å². The Morgan fingerprint density at radius 2 is 1.94 bits per heavy atom. The molecule has 1 N–H and O–H groups in total. The Labute approximate surface area is 189 Å². The van der Waals surface area contributed by atoms with E-state index in [1.165, 1.54) is 0 Å². The molecule has 0 saturated carbocycles. The van der Waals surface area contributed by atoms with Crippen LogP contribution in [0.1, 0.15) is 53.0 Å². The minimum absolute atomic E-state index is 0.0464. The highest BCUT2D eigenvalue weighted by Gasteiger charge is 2.48. The zero-order chi connectivity index (χ0) is 22.6. The standard InChI is InChI=1S/C22H25ClF3N5O/c1-13-4-6-14(7-5-13)16-11-17(22(24,25)26)31-20(27-16)18(23)19(28-31)21(32)30-10-9-29-8-2-3-15(29)12-30/h4-7,15-17,27H,2-3,8-12H2,1H3/t15-,16-,17+/m1/s1. The van der Waals surface area contributed by atoms with Crippen molar-refractivity contribution in [2.24, 2.45) is 0 Å². The highest BCUT2D eigenvalue weighted by atomic mass is 35.5. The third kappa shape index (κ3) is 3.75. The van der Waals surface area contributed by atoms with Crippen LogP contribution in [-0.4, -0.2) is 63.9 Å². The highest BCUT2D eigenvalue weighted by Crippen LogP contribution is 2.46. The van der Waals surface area contributed by atoms with Gasteiger partial charge in [0.05, 0.1) is 6.04 Å². The minimum Gasteiger partial charge on any atom is -0.362 e. The maximum absolute atomic E-state index is 14.0. The van der Waals surface area contributed by atoms with Crippen LogP contribution in [0.3, 0.4) is 0 Å². The lowest BCUT2D eigenvalue weighted by Gasteiger charge is -2.37. The molecule has 0 aliphatic carbocycles. The molecule has 3 aliphatic rings. The van der Waals surface area contributed by atoms with E-state index < -0.39 is 24.2 Å². The summed E-state index contributed by atoms with van der Waals surface area (Å²) in [6.07, 6.45) is -2.63. The molecule has 0 unspecified atom stereocenters. The van der Waals surface area contributed by atoms with Crippen LogP contribution in [0.5, 0.6) is 0 Å². The van der Waals surface area contributed by atoms with Crippen LogP contribution in [0.15, 0.2) is 24.3 Å². The zero-order valence-electron chi connectivity index (χ0n) is 17.7. The fourth-order valence-corrected chi connectivity index (χ4v) is 5.33. The predicted octanol–water partition coefficient (Wildman–Crippen LogP) is 4.43. The molecule has 3 aliphatic heterocycles. The van der Waals surface area contributed by atoms with E-state index in [0.29, 0.717) is 19.1 Å². The van der Waals surface area contributed by atoms with Crippen LogP contribution in [0, 0.1) is 6.92 Å². The molecule has 1 amide bonds. The number of benzene rings is 1. The van der Waals surface area contributed by atoms with Crippen molar-refractivity contribution in [2.75, 3.05) is 31.5 Å². The molecule has 6 nitrogen and oxygen atoms in total. The van der Waals surface area contributed by atoms with Gasteiger partial charge in [0.25, 0.3) is 5.91 Å². The number of amides is 1. The molecule has 32 heavy (non-hydrogen) atoms. The minimum atomic E-state index is -4.52. The monoisotopic (exact) mass is 467 g/mol. The van der Waals surface area contributed by atoms with Gasteiger partial charge in [0.2, 0.25) is 0 Å². The number of aryl methyl sites for hydroxylation is 1. The van der Waals surface area contributed by atoms with Gasteiger partial charge in [0, 0.05) is 32.1 Å². The van der Waals surface area contributed by atoms with Crippen molar-refractivity contribution in [3.63, 3.8) is 0 Å². The summed E-state index contributed by atoms with van der Waals surface area (Å²) in [7, 11) is 0. The van der Waals surface area contributed by atoms with Gasteiger partial charge in [-0.2, -0.15) is 18.3 Å². The number of nitrogens with one attached hydrogen (secondary N) is 1. The lowest BCUT2D eigenvalue weighted by molar-refractivity contribution is -0.173. The normalized spacial score (nSPS) is 25.9. The van der Waals surface area contributed by atoms with E-state index in [-0.39, 0.29) is 23.0 Å². The molecule has 0 bridgehead atoms. The summed E-state index contributed by atoms with van der Waals surface area (Å²) < 4.78 is 42.8. The molecule has 2 fully saturated rings. The number of carbonyl (C=O) groups is 1. The van der Waals surface area contributed by atoms with Gasteiger partial charge in [-0.3, -0.25) is 9.69 Å². The first-order valence-corrected chi connectivity index (χ1v) is 11.3. The molecule has 4 heterocycles. The van der Waals surface area contributed by atoms with E-state index in [1.807, 2.05) is 31.2 Å². The average molecular weight is 468 g/mol. The lowest BCUT2D eigenvalue weighted by Crippen LogP contribution is -2.52. The molecule has 0 spiro atoms. The maximum Gasteiger partial charge on any atom is 0.410 e. The van der Waals surface area contributed by atoms with E-state index in [4.69, 9.17) is 11.6 Å². The van der Waals surface area contributed by atoms with Crippen LogP contribution in [0.25, 0.3) is 0 Å². The Bertz CT molecular complexity index is 1020. The summed E-state index contributed by atoms with van der Waals surface area (Å²) in [5.41, 5.74) is 1.65. The summed E-state index contributed by atoms with van der Waals surface area (Å²) in [6.45, 7) is 4.80. The Kier molecular flexibility index (Phi) is 5.36. The second kappa shape index (κ2) is 7.95. The first kappa shape index (κ1) is 21.6. The number of rotatable bonds is 2. The molecule has 5 rings (SSSR count). The van der Waals surface area contributed by atoms with E-state index >= 15 is 0 Å². The molecular formula is C22H25ClF3N5O. The average Bonchev–Trinajstić information content (AvgIpc) is 3.36. The Morgan fingerprint density at radius 1 is 1.19 bits per heavy atom. The number of hydrogen-bond acceptors (Lipinski definition) is 4. The van der Waals surface area contributed by atoms with E-state index in [1.54, 1.807) is 4.90 Å². The molecular weight excluding hydrogens is 443 g/mol. The second-order valence-corrected chi connectivity index (χ2v) is 9.32. The topological polar surface area (TPSA) is 53.4 Å². The predicted molar refractivity (Wildman–Crippen MR) is 115 cm³/mol. The van der Waals surface area contributed by atoms with Crippen molar-refractivity contribution in [3.8, 4) is 0 Å². The van der Waals surface area contributed by atoms with E-state index in [0.717, 1.165) is 41.7 Å². The third-order valence-electron chi connectivity index (χ3n) is 6.85. The molecule has 1 aromatic carbocycles. The molecule has 3 atom stereocenters. The van der Waals surface area contributed by atoms with E-state index in [2.05, 4.69) is 15.3 Å². The van der Waals surface area contributed by atoms with Crippen molar-refractivity contribution < 1.29 is 18.0 Å². The molecule has 2 saturated heterocycles. The van der Waals surface area contributed by atoms with Crippen molar-refractivity contribution in [3.05, 3.63) is 46.1 Å². The maximum atomic E-state index is 14.0. The second-order valence-electron chi connectivity index (χ2n) is 8.94. The number of hydrogen-bond donors (Lipinski definition) is 1. The fraction of sp³-hybridized carbons (Fsp3) is 0.545. The SMILES string of the molecule is Cc1ccc([C@H]2C[C@@H](C(F)(F)F)n3nc(C(=O)N4CCN5CCC[C@@H]5C4)c(Cl)c3N2)cc1. The summed E-state index contributed by atoms with van der Waals surface area (Å²) in [4.78, 5) is 17.2. The summed E-state index contributed by atoms with van der Waals surface area (Å²) in [6, 6.07) is 5.21. The first-order valence-electron chi connectivity index (χ1n) is 10.9. The Hall–Kier alpha value is -2.26. The van der Waals surface area contributed by atoms with Crippen molar-refractivity contribution >= 4 is 23.3 Å². The molecule has 0 radical (unpaired) electrons. The molecule has 1 aromatic heterocycles. The first-order chi connectivity index (χ1) is 15.2. The van der Waals surface area contributed by atoms with Crippen molar-refractivity contribution in [1.82, 2.24) is 19.6 Å². The van der Waals surface area contributed by atoms with Gasteiger partial charge in [0.1, 0.15) is 10.8 Å². The number of carbonyl (C=O) groups excluding carboxylic acids is 1. The van der Waals surface area contributed by atoms with Crippen LogP contribution in [0.2, 0.25) is 5.02 Å². The van der Waals surface area contributed by atoms with Crippen molar-refractivity contribution in [1.29, 1.82) is 0 Å². The van der Waals surface area contributed by atoms with Gasteiger partial charge < -0.3 is 10.2 Å². The van der Waals surface area contributed by atoms with Gasteiger partial charge in [-0.25, -0.2) is 4.68 Å². The van der Waals surface area contributed by atoms with Gasteiger partial charge in [-0.05, 0) is 31.9 Å². The summed E-state index contributed by atoms with van der Waals surface area (Å²) in [5.74, 6) is -0.355. The fourth-order valence-electron chi connectivity index (χ4n) is 5.07. The Balaban J connectivity index is 1.47. The van der Waals surface area contributed by atoms with Gasteiger partial charge in [-0.1, -0.05) is 41.4 Å². The largest absolute Gasteiger partial charge is 0.410 e. The molecule has 2 aromatic rings. The number of alkyl halides is 3. The summed E-state index contributed by atoms with van der Waals surface area (Å²) in [5, 5.41) is 7.16. The Morgan fingerprint density at radius 3 is 2.66 bits per heavy atom. The number of fused-ring (bicyclic) bond motifs is 2. The zero-order valence-corrected chi connectivity index (χ0v) is 18.5. The van der Waals surface area contributed by atoms with Crippen LogP contribution in [-0.2, 0) is 0 Å². The lowest BCUT2D eigenvalue weighted by atomic mass is 9.96. The highest BCUT2D eigenvalue weighted by molar-refractivity contribution is 6.36. The third-order valence-corrected chi connectivity index (χ3v) is 7.21. The number of aromatic nitrogens is 2. The quantitative estimate of drug-likeness (QED) is 0.710. The van der Waals surface area contributed by atoms with Gasteiger partial charge in [-0.15, -0.1) is 0 Å². The number of anilines is 1. The van der Waals surface area contributed by atoms with E-state index in [9.17, 15) is 18.0 Å². The number of halogens is 4. The summed E-state index contributed by atoms with van der Waals surface area (Å²) >= 11 is 6.49. The van der Waals surface area contributed by atoms with Crippen molar-refractivity contribution in [2.45, 2.75) is 50.5 Å². The van der Waals surface area contributed by atoms with Crippen LogP contribution < -0.4 is 5.32 Å². The number of piperazine rings is 1. The molecule has 10 heteroatoms. The molecule has 172 valence electrons. The van der Waals surface area contributed by atoms with Crippen LogP contribution in [0.4, 0.5) is 19.0 Å².